The highest BCUT2D eigenvalue weighted by Gasteiger charge is 2.57. The fraction of sp³-hybridized carbons (Fsp3) is 1.00. The van der Waals surface area contributed by atoms with Gasteiger partial charge >= 0.3 is 0 Å². The van der Waals surface area contributed by atoms with Crippen LogP contribution in [0.3, 0.4) is 0 Å². The van der Waals surface area contributed by atoms with E-state index >= 15 is 0 Å². The van der Waals surface area contributed by atoms with Crippen LogP contribution in [-0.4, -0.2) is 49.3 Å². The van der Waals surface area contributed by atoms with Gasteiger partial charge in [0.15, 0.2) is 0 Å². The minimum Gasteiger partial charge on any atom is -0.388 e. The van der Waals surface area contributed by atoms with E-state index in [1.165, 1.54) is 0 Å². The molecule has 12 heavy (non-hydrogen) atoms. The van der Waals surface area contributed by atoms with Crippen molar-refractivity contribution < 1.29 is 19.3 Å². The fourth-order valence-corrected chi connectivity index (χ4v) is 2.03. The molecule has 0 aliphatic carbocycles. The molecule has 2 aliphatic heterocycles. The molecule has 4 nitrogen and oxygen atoms in total. The molecule has 2 heterocycles. The second kappa shape index (κ2) is 2.67. The number of fused-ring (bicyclic) bond motifs is 1. The molecular weight excluding hydrogens is 160 g/mol. The van der Waals surface area contributed by atoms with Crippen LogP contribution in [0.2, 0.25) is 0 Å². The van der Waals surface area contributed by atoms with Crippen molar-refractivity contribution in [2.24, 2.45) is 0 Å². The third kappa shape index (κ3) is 0.925. The van der Waals surface area contributed by atoms with Gasteiger partial charge < -0.3 is 19.3 Å². The quantitative estimate of drug-likeness (QED) is 0.585. The Bertz CT molecular complexity index is 184. The summed E-state index contributed by atoms with van der Waals surface area (Å²) in [5, 5.41) is 9.47. The molecular formula is C8H14O4. The lowest BCUT2D eigenvalue weighted by atomic mass is 9.95. The highest BCUT2D eigenvalue weighted by Crippen LogP contribution is 2.38. The van der Waals surface area contributed by atoms with E-state index < -0.39 is 11.7 Å². The summed E-state index contributed by atoms with van der Waals surface area (Å²) < 4.78 is 16.1. The van der Waals surface area contributed by atoms with Crippen molar-refractivity contribution in [1.29, 1.82) is 0 Å². The zero-order valence-electron chi connectivity index (χ0n) is 7.32. The van der Waals surface area contributed by atoms with Crippen molar-refractivity contribution in [1.82, 2.24) is 0 Å². The van der Waals surface area contributed by atoms with Gasteiger partial charge in [0.2, 0.25) is 0 Å². The molecule has 4 unspecified atom stereocenters. The highest BCUT2D eigenvalue weighted by atomic mass is 16.6. The van der Waals surface area contributed by atoms with Crippen LogP contribution in [0.15, 0.2) is 0 Å². The molecule has 70 valence electrons. The zero-order chi connectivity index (χ0) is 8.77. The first-order chi connectivity index (χ1) is 5.68. The summed E-state index contributed by atoms with van der Waals surface area (Å²) >= 11 is 0. The average molecular weight is 174 g/mol. The van der Waals surface area contributed by atoms with E-state index in [1.54, 1.807) is 7.11 Å². The number of hydrogen-bond donors (Lipinski definition) is 1. The molecule has 0 aromatic heterocycles. The number of aliphatic hydroxyl groups is 1. The highest BCUT2D eigenvalue weighted by molar-refractivity contribution is 5.05. The summed E-state index contributed by atoms with van der Waals surface area (Å²) in [5.41, 5.74) is -0.450. The van der Waals surface area contributed by atoms with E-state index in [9.17, 15) is 5.11 Å². The van der Waals surface area contributed by atoms with Gasteiger partial charge in [-0.2, -0.15) is 0 Å². The molecule has 2 saturated heterocycles. The zero-order valence-corrected chi connectivity index (χ0v) is 7.32. The van der Waals surface area contributed by atoms with E-state index in [-0.39, 0.29) is 12.2 Å². The van der Waals surface area contributed by atoms with Gasteiger partial charge in [-0.05, 0) is 6.92 Å². The molecule has 4 atom stereocenters. The van der Waals surface area contributed by atoms with Crippen LogP contribution in [0, 0.1) is 0 Å². The Morgan fingerprint density at radius 1 is 1.50 bits per heavy atom. The predicted molar refractivity (Wildman–Crippen MR) is 40.9 cm³/mol. The van der Waals surface area contributed by atoms with Gasteiger partial charge in [0.05, 0.1) is 13.2 Å². The van der Waals surface area contributed by atoms with Gasteiger partial charge in [0.25, 0.3) is 0 Å². The van der Waals surface area contributed by atoms with Gasteiger partial charge in [-0.3, -0.25) is 0 Å². The minimum atomic E-state index is -0.504. The Labute approximate surface area is 71.4 Å². The van der Waals surface area contributed by atoms with Crippen molar-refractivity contribution in [3.63, 3.8) is 0 Å². The van der Waals surface area contributed by atoms with Crippen LogP contribution in [0.25, 0.3) is 0 Å². The second-order valence-electron chi connectivity index (χ2n) is 3.54. The average Bonchev–Trinajstić information content (AvgIpc) is 2.50. The first-order valence-corrected chi connectivity index (χ1v) is 4.15. The van der Waals surface area contributed by atoms with E-state index in [2.05, 4.69) is 0 Å². The standard InChI is InChI=1S/C8H14O4/c1-8-6(10-2)4-11-7(8)5(9)3-12-8/h5-7,9H,3-4H2,1-2H3. The van der Waals surface area contributed by atoms with Gasteiger partial charge in [0.1, 0.15) is 23.9 Å². The molecule has 2 rings (SSSR count). The van der Waals surface area contributed by atoms with Crippen molar-refractivity contribution in [2.45, 2.75) is 30.8 Å². The number of rotatable bonds is 1. The summed E-state index contributed by atoms with van der Waals surface area (Å²) in [6.07, 6.45) is -0.780. The molecule has 1 N–H and O–H groups in total. The first kappa shape index (κ1) is 8.44. The monoisotopic (exact) mass is 174 g/mol. The summed E-state index contributed by atoms with van der Waals surface area (Å²) in [6, 6.07) is 0. The third-order valence-electron chi connectivity index (χ3n) is 2.83. The van der Waals surface area contributed by atoms with Crippen LogP contribution < -0.4 is 0 Å². The summed E-state index contributed by atoms with van der Waals surface area (Å²) in [6.45, 7) is 2.78. The van der Waals surface area contributed by atoms with E-state index in [4.69, 9.17) is 14.2 Å². The third-order valence-corrected chi connectivity index (χ3v) is 2.83. The Kier molecular flexibility index (Phi) is 1.88. The van der Waals surface area contributed by atoms with Gasteiger partial charge in [-0.15, -0.1) is 0 Å². The Balaban J connectivity index is 2.19. The Hall–Kier alpha value is -0.160. The molecule has 0 radical (unpaired) electrons. The Morgan fingerprint density at radius 2 is 2.25 bits per heavy atom. The SMILES string of the molecule is COC1COC2C(O)COC12C. The van der Waals surface area contributed by atoms with Crippen LogP contribution in [0.5, 0.6) is 0 Å². The number of hydrogen-bond acceptors (Lipinski definition) is 4. The lowest BCUT2D eigenvalue weighted by Crippen LogP contribution is -2.44. The topological polar surface area (TPSA) is 47.9 Å². The van der Waals surface area contributed by atoms with Gasteiger partial charge in [0, 0.05) is 7.11 Å². The molecule has 4 heteroatoms. The van der Waals surface area contributed by atoms with Gasteiger partial charge in [-0.25, -0.2) is 0 Å². The van der Waals surface area contributed by atoms with E-state index in [0.717, 1.165) is 0 Å². The largest absolute Gasteiger partial charge is 0.388 e. The van der Waals surface area contributed by atoms with Crippen LogP contribution in [0.1, 0.15) is 6.92 Å². The molecule has 2 fully saturated rings. The normalized spacial score (nSPS) is 52.8. The number of methoxy groups -OCH3 is 1. The van der Waals surface area contributed by atoms with Crippen LogP contribution in [0.4, 0.5) is 0 Å². The predicted octanol–water partition coefficient (Wildman–Crippen LogP) is -0.450. The first-order valence-electron chi connectivity index (χ1n) is 4.15. The van der Waals surface area contributed by atoms with Crippen LogP contribution in [-0.2, 0) is 14.2 Å². The van der Waals surface area contributed by atoms with Crippen molar-refractivity contribution in [2.75, 3.05) is 20.3 Å². The smallest absolute Gasteiger partial charge is 0.122 e. The van der Waals surface area contributed by atoms with E-state index in [0.29, 0.717) is 13.2 Å². The maximum atomic E-state index is 9.47. The number of aliphatic hydroxyl groups excluding tert-OH is 1. The molecule has 0 saturated carbocycles. The van der Waals surface area contributed by atoms with Crippen molar-refractivity contribution in [3.05, 3.63) is 0 Å². The van der Waals surface area contributed by atoms with Gasteiger partial charge in [-0.1, -0.05) is 0 Å². The van der Waals surface area contributed by atoms with Crippen molar-refractivity contribution >= 4 is 0 Å². The lowest BCUT2D eigenvalue weighted by molar-refractivity contribution is -0.0773. The molecule has 2 aliphatic rings. The minimum absolute atomic E-state index is 0.0559. The fourth-order valence-electron chi connectivity index (χ4n) is 2.03. The summed E-state index contributed by atoms with van der Waals surface area (Å²) in [5.74, 6) is 0. The summed E-state index contributed by atoms with van der Waals surface area (Å²) in [7, 11) is 1.63. The second-order valence-corrected chi connectivity index (χ2v) is 3.54. The van der Waals surface area contributed by atoms with E-state index in [1.807, 2.05) is 6.92 Å². The molecule has 0 aromatic carbocycles. The van der Waals surface area contributed by atoms with Crippen LogP contribution >= 0.6 is 0 Å². The molecule has 0 aromatic rings. The molecule has 0 amide bonds. The Morgan fingerprint density at radius 3 is 2.92 bits per heavy atom. The molecule has 0 bridgehead atoms. The summed E-state index contributed by atoms with van der Waals surface area (Å²) in [4.78, 5) is 0. The molecule has 0 spiro atoms. The van der Waals surface area contributed by atoms with Crippen molar-refractivity contribution in [3.8, 4) is 0 Å². The lowest BCUT2D eigenvalue weighted by Gasteiger charge is -2.26. The number of ether oxygens (including phenoxy) is 3. The maximum absolute atomic E-state index is 9.47. The maximum Gasteiger partial charge on any atom is 0.122 e.